The second-order valence-corrected chi connectivity index (χ2v) is 4.40. The summed E-state index contributed by atoms with van der Waals surface area (Å²) in [6.07, 6.45) is 3.70. The van der Waals surface area contributed by atoms with Gasteiger partial charge in [0.25, 0.3) is 0 Å². The summed E-state index contributed by atoms with van der Waals surface area (Å²) in [6, 6.07) is 0. The first-order chi connectivity index (χ1) is 7.36. The molecule has 0 atom stereocenters. The van der Waals surface area contributed by atoms with Crippen molar-refractivity contribution in [2.45, 2.75) is 19.3 Å². The number of hydrogen-bond donors (Lipinski definition) is 1. The van der Waals surface area contributed by atoms with E-state index < -0.39 is 0 Å². The number of nitrogens with zero attached hydrogens (tertiary/aromatic N) is 2. The predicted molar refractivity (Wildman–Crippen MR) is 61.1 cm³/mol. The molecule has 0 amide bonds. The lowest BCUT2D eigenvalue weighted by Gasteiger charge is -2.23. The Morgan fingerprint density at radius 1 is 1.47 bits per heavy atom. The number of ether oxygens (including phenoxy) is 1. The highest BCUT2D eigenvalue weighted by atomic mass is 16.5. The van der Waals surface area contributed by atoms with Gasteiger partial charge in [-0.1, -0.05) is 0 Å². The maximum Gasteiger partial charge on any atom is 0.193 e. The molecular formula is C11H21N3O. The highest BCUT2D eigenvalue weighted by Gasteiger charge is 2.15. The van der Waals surface area contributed by atoms with Crippen LogP contribution in [0.25, 0.3) is 0 Å². The van der Waals surface area contributed by atoms with Gasteiger partial charge in [-0.2, -0.15) is 0 Å². The van der Waals surface area contributed by atoms with Crippen LogP contribution in [-0.2, 0) is 4.74 Å². The number of guanidine groups is 1. The third-order valence-electron chi connectivity index (χ3n) is 3.24. The Hall–Kier alpha value is -0.770. The van der Waals surface area contributed by atoms with Crippen molar-refractivity contribution >= 4 is 5.96 Å². The largest absolute Gasteiger partial charge is 0.381 e. The van der Waals surface area contributed by atoms with Gasteiger partial charge in [0.2, 0.25) is 0 Å². The summed E-state index contributed by atoms with van der Waals surface area (Å²) in [5, 5.41) is 3.41. The SMILES string of the molecule is CN1CCN=C1NCCC1CCOCC1. The Labute approximate surface area is 91.7 Å². The van der Waals surface area contributed by atoms with Gasteiger partial charge in [-0.3, -0.25) is 4.99 Å². The summed E-state index contributed by atoms with van der Waals surface area (Å²) in [6.45, 7) is 4.95. The molecule has 2 aliphatic heterocycles. The summed E-state index contributed by atoms with van der Waals surface area (Å²) in [7, 11) is 2.09. The molecule has 0 aromatic carbocycles. The quantitative estimate of drug-likeness (QED) is 0.746. The van der Waals surface area contributed by atoms with Crippen molar-refractivity contribution in [2.24, 2.45) is 10.9 Å². The molecule has 0 unspecified atom stereocenters. The van der Waals surface area contributed by atoms with Gasteiger partial charge in [0.1, 0.15) is 0 Å². The molecule has 4 heteroatoms. The van der Waals surface area contributed by atoms with Gasteiger partial charge in [0, 0.05) is 33.4 Å². The van der Waals surface area contributed by atoms with Crippen molar-refractivity contribution in [1.29, 1.82) is 0 Å². The first-order valence-corrected chi connectivity index (χ1v) is 5.93. The smallest absolute Gasteiger partial charge is 0.193 e. The molecule has 0 aromatic heterocycles. The van der Waals surface area contributed by atoms with E-state index in [0.717, 1.165) is 44.7 Å². The van der Waals surface area contributed by atoms with Crippen LogP contribution in [0.15, 0.2) is 4.99 Å². The molecule has 0 spiro atoms. The summed E-state index contributed by atoms with van der Waals surface area (Å²) < 4.78 is 5.34. The van der Waals surface area contributed by atoms with Gasteiger partial charge in [0.05, 0.1) is 6.54 Å². The second-order valence-electron chi connectivity index (χ2n) is 4.40. The highest BCUT2D eigenvalue weighted by molar-refractivity contribution is 5.81. The Kier molecular flexibility index (Phi) is 3.83. The monoisotopic (exact) mass is 211 g/mol. The molecule has 15 heavy (non-hydrogen) atoms. The normalized spacial score (nSPS) is 23.0. The van der Waals surface area contributed by atoms with Crippen LogP contribution in [0, 0.1) is 5.92 Å². The van der Waals surface area contributed by atoms with Gasteiger partial charge >= 0.3 is 0 Å². The van der Waals surface area contributed by atoms with Crippen molar-refractivity contribution in [3.05, 3.63) is 0 Å². The zero-order valence-electron chi connectivity index (χ0n) is 9.54. The first kappa shape index (κ1) is 10.7. The van der Waals surface area contributed by atoms with Gasteiger partial charge in [-0.15, -0.1) is 0 Å². The van der Waals surface area contributed by atoms with Crippen molar-refractivity contribution < 1.29 is 4.74 Å². The summed E-state index contributed by atoms with van der Waals surface area (Å²) >= 11 is 0. The fourth-order valence-electron chi connectivity index (χ4n) is 2.15. The fraction of sp³-hybridized carbons (Fsp3) is 0.909. The van der Waals surface area contributed by atoms with E-state index in [4.69, 9.17) is 4.74 Å². The molecule has 1 fully saturated rings. The maximum atomic E-state index is 5.34. The summed E-state index contributed by atoms with van der Waals surface area (Å²) in [4.78, 5) is 6.59. The van der Waals surface area contributed by atoms with E-state index in [0.29, 0.717) is 0 Å². The molecule has 2 rings (SSSR count). The van der Waals surface area contributed by atoms with Gasteiger partial charge < -0.3 is 15.0 Å². The van der Waals surface area contributed by atoms with E-state index in [9.17, 15) is 0 Å². The summed E-state index contributed by atoms with van der Waals surface area (Å²) in [5.74, 6) is 1.92. The van der Waals surface area contributed by atoms with Gasteiger partial charge in [-0.25, -0.2) is 0 Å². The van der Waals surface area contributed by atoms with Crippen LogP contribution in [0.5, 0.6) is 0 Å². The van der Waals surface area contributed by atoms with Crippen LogP contribution in [0.2, 0.25) is 0 Å². The zero-order chi connectivity index (χ0) is 10.5. The molecule has 0 bridgehead atoms. The van der Waals surface area contributed by atoms with E-state index in [-0.39, 0.29) is 0 Å². The molecule has 0 aliphatic carbocycles. The van der Waals surface area contributed by atoms with Gasteiger partial charge in [0.15, 0.2) is 5.96 Å². The number of hydrogen-bond acceptors (Lipinski definition) is 4. The number of nitrogens with one attached hydrogen (secondary N) is 1. The molecule has 2 aliphatic rings. The van der Waals surface area contributed by atoms with E-state index >= 15 is 0 Å². The molecule has 0 radical (unpaired) electrons. The van der Waals surface area contributed by atoms with Crippen LogP contribution in [0.1, 0.15) is 19.3 Å². The maximum absolute atomic E-state index is 5.34. The molecule has 86 valence electrons. The lowest BCUT2D eigenvalue weighted by Crippen LogP contribution is -2.36. The van der Waals surface area contributed by atoms with Crippen molar-refractivity contribution in [2.75, 3.05) is 39.9 Å². The van der Waals surface area contributed by atoms with Gasteiger partial charge in [-0.05, 0) is 25.2 Å². The van der Waals surface area contributed by atoms with Crippen LogP contribution in [0.4, 0.5) is 0 Å². The van der Waals surface area contributed by atoms with Crippen LogP contribution >= 0.6 is 0 Å². The van der Waals surface area contributed by atoms with Crippen molar-refractivity contribution in [3.63, 3.8) is 0 Å². The lowest BCUT2D eigenvalue weighted by atomic mass is 9.97. The van der Waals surface area contributed by atoms with Crippen molar-refractivity contribution in [1.82, 2.24) is 10.2 Å². The number of aliphatic imine (C=N–C) groups is 1. The topological polar surface area (TPSA) is 36.9 Å². The minimum Gasteiger partial charge on any atom is -0.381 e. The zero-order valence-corrected chi connectivity index (χ0v) is 9.54. The second kappa shape index (κ2) is 5.35. The molecule has 4 nitrogen and oxygen atoms in total. The van der Waals surface area contributed by atoms with Crippen molar-refractivity contribution in [3.8, 4) is 0 Å². The van der Waals surface area contributed by atoms with E-state index in [1.807, 2.05) is 0 Å². The van der Waals surface area contributed by atoms with E-state index in [1.165, 1.54) is 19.3 Å². The number of likely N-dealkylation sites (N-methyl/N-ethyl adjacent to an activating group) is 1. The minimum atomic E-state index is 0.846. The molecule has 2 heterocycles. The average molecular weight is 211 g/mol. The first-order valence-electron chi connectivity index (χ1n) is 5.93. The van der Waals surface area contributed by atoms with Crippen LogP contribution in [0.3, 0.4) is 0 Å². The highest BCUT2D eigenvalue weighted by Crippen LogP contribution is 2.17. The Morgan fingerprint density at radius 3 is 2.93 bits per heavy atom. The number of rotatable bonds is 3. The molecule has 1 saturated heterocycles. The average Bonchev–Trinajstić information content (AvgIpc) is 2.66. The Balaban J connectivity index is 1.61. The third kappa shape index (κ3) is 3.09. The molecule has 0 saturated carbocycles. The third-order valence-corrected chi connectivity index (χ3v) is 3.24. The fourth-order valence-corrected chi connectivity index (χ4v) is 2.15. The Bertz CT molecular complexity index is 224. The molecule has 0 aromatic rings. The minimum absolute atomic E-state index is 0.846. The molecule has 1 N–H and O–H groups in total. The van der Waals surface area contributed by atoms with E-state index in [1.54, 1.807) is 0 Å². The van der Waals surface area contributed by atoms with E-state index in [2.05, 4.69) is 22.3 Å². The standard InChI is InChI=1S/C11H21N3O/c1-14-7-6-13-11(14)12-5-2-10-3-8-15-9-4-10/h10H,2-9H2,1H3,(H,12,13). The van der Waals surface area contributed by atoms with Crippen LogP contribution < -0.4 is 5.32 Å². The Morgan fingerprint density at radius 2 is 2.27 bits per heavy atom. The summed E-state index contributed by atoms with van der Waals surface area (Å²) in [5.41, 5.74) is 0. The lowest BCUT2D eigenvalue weighted by molar-refractivity contribution is 0.0643. The van der Waals surface area contributed by atoms with Crippen LogP contribution in [-0.4, -0.2) is 50.8 Å². The predicted octanol–water partition coefficient (Wildman–Crippen LogP) is 0.694. The molecular weight excluding hydrogens is 190 g/mol.